The number of terminal acetylenes is 1. The summed E-state index contributed by atoms with van der Waals surface area (Å²) in [6, 6.07) is 0. The molecular formula is C7H12ClNO. The van der Waals surface area contributed by atoms with Crippen LogP contribution < -0.4 is 5.73 Å². The minimum atomic E-state index is -0.474. The molecule has 1 aliphatic heterocycles. The van der Waals surface area contributed by atoms with Crippen molar-refractivity contribution in [1.29, 1.82) is 0 Å². The van der Waals surface area contributed by atoms with Crippen molar-refractivity contribution in [3.63, 3.8) is 0 Å². The van der Waals surface area contributed by atoms with E-state index in [9.17, 15) is 0 Å². The zero-order valence-corrected chi connectivity index (χ0v) is 6.62. The van der Waals surface area contributed by atoms with E-state index in [1.165, 1.54) is 0 Å². The van der Waals surface area contributed by atoms with Gasteiger partial charge in [0.1, 0.15) is 5.54 Å². The molecule has 0 aromatic rings. The molecule has 0 bridgehead atoms. The van der Waals surface area contributed by atoms with Crippen LogP contribution in [0.2, 0.25) is 0 Å². The van der Waals surface area contributed by atoms with Gasteiger partial charge in [-0.25, -0.2) is 0 Å². The highest BCUT2D eigenvalue weighted by Gasteiger charge is 2.24. The summed E-state index contributed by atoms with van der Waals surface area (Å²) >= 11 is 0. The smallest absolute Gasteiger partial charge is 0.101 e. The molecule has 1 unspecified atom stereocenters. The van der Waals surface area contributed by atoms with Gasteiger partial charge in [0, 0.05) is 6.61 Å². The van der Waals surface area contributed by atoms with Gasteiger partial charge in [-0.1, -0.05) is 5.92 Å². The first kappa shape index (κ1) is 9.77. The fourth-order valence-corrected chi connectivity index (χ4v) is 0.930. The van der Waals surface area contributed by atoms with E-state index in [0.717, 1.165) is 19.4 Å². The number of hydrogen-bond donors (Lipinski definition) is 1. The Hall–Kier alpha value is -0.230. The quantitative estimate of drug-likeness (QED) is 0.527. The Morgan fingerprint density at radius 2 is 2.30 bits per heavy atom. The van der Waals surface area contributed by atoms with E-state index in [0.29, 0.717) is 6.61 Å². The highest BCUT2D eigenvalue weighted by atomic mass is 35.5. The summed E-state index contributed by atoms with van der Waals surface area (Å²) in [7, 11) is 0. The Labute approximate surface area is 67.5 Å². The summed E-state index contributed by atoms with van der Waals surface area (Å²) < 4.78 is 5.11. The summed E-state index contributed by atoms with van der Waals surface area (Å²) in [5.74, 6) is 2.53. The summed E-state index contributed by atoms with van der Waals surface area (Å²) in [6.45, 7) is 1.32. The lowest BCUT2D eigenvalue weighted by Crippen LogP contribution is -2.45. The molecule has 0 aromatic carbocycles. The molecule has 1 rings (SSSR count). The molecule has 1 fully saturated rings. The normalized spacial score (nSPS) is 32.0. The summed E-state index contributed by atoms with van der Waals surface area (Å²) in [4.78, 5) is 0. The SMILES string of the molecule is C#CC1(N)CCCOC1.Cl. The molecular weight excluding hydrogens is 150 g/mol. The largest absolute Gasteiger partial charge is 0.379 e. The van der Waals surface area contributed by atoms with Gasteiger partial charge in [0.05, 0.1) is 6.61 Å². The molecule has 1 heterocycles. The van der Waals surface area contributed by atoms with Gasteiger partial charge in [-0.3, -0.25) is 0 Å². The molecule has 1 saturated heterocycles. The second-order valence-corrected chi connectivity index (χ2v) is 2.46. The average molecular weight is 162 g/mol. The second kappa shape index (κ2) is 3.82. The number of ether oxygens (including phenoxy) is 1. The van der Waals surface area contributed by atoms with Crippen molar-refractivity contribution in [2.75, 3.05) is 13.2 Å². The molecule has 0 aliphatic carbocycles. The maximum absolute atomic E-state index is 5.70. The van der Waals surface area contributed by atoms with E-state index < -0.39 is 5.54 Å². The lowest BCUT2D eigenvalue weighted by Gasteiger charge is -2.27. The van der Waals surface area contributed by atoms with Gasteiger partial charge in [0.15, 0.2) is 0 Å². The van der Waals surface area contributed by atoms with E-state index in [2.05, 4.69) is 5.92 Å². The predicted octanol–water partition coefficient (Wildman–Crippen LogP) is 0.549. The van der Waals surface area contributed by atoms with Gasteiger partial charge in [-0.15, -0.1) is 18.8 Å². The van der Waals surface area contributed by atoms with Crippen LogP contribution in [0.3, 0.4) is 0 Å². The molecule has 0 spiro atoms. The minimum Gasteiger partial charge on any atom is -0.379 e. The molecule has 1 aliphatic rings. The van der Waals surface area contributed by atoms with Crippen LogP contribution >= 0.6 is 12.4 Å². The van der Waals surface area contributed by atoms with Gasteiger partial charge in [-0.2, -0.15) is 0 Å². The van der Waals surface area contributed by atoms with Crippen LogP contribution in [0.15, 0.2) is 0 Å². The van der Waals surface area contributed by atoms with E-state index in [-0.39, 0.29) is 12.4 Å². The van der Waals surface area contributed by atoms with Gasteiger partial charge < -0.3 is 10.5 Å². The van der Waals surface area contributed by atoms with Crippen molar-refractivity contribution < 1.29 is 4.74 Å². The zero-order valence-electron chi connectivity index (χ0n) is 5.80. The Morgan fingerprint density at radius 1 is 1.60 bits per heavy atom. The van der Waals surface area contributed by atoms with Crippen LogP contribution in [0.1, 0.15) is 12.8 Å². The Bertz CT molecular complexity index is 135. The van der Waals surface area contributed by atoms with Crippen molar-refractivity contribution in [3.8, 4) is 12.3 Å². The first-order valence-electron chi connectivity index (χ1n) is 3.11. The first-order chi connectivity index (χ1) is 4.27. The van der Waals surface area contributed by atoms with E-state index in [1.54, 1.807) is 0 Å². The number of rotatable bonds is 0. The third kappa shape index (κ3) is 2.18. The van der Waals surface area contributed by atoms with E-state index in [4.69, 9.17) is 16.9 Å². The summed E-state index contributed by atoms with van der Waals surface area (Å²) in [5, 5.41) is 0. The molecule has 3 heteroatoms. The maximum Gasteiger partial charge on any atom is 0.101 e. The standard InChI is InChI=1S/C7H11NO.ClH/c1-2-7(8)4-3-5-9-6-7;/h1H,3-6,8H2;1H. The fraction of sp³-hybridized carbons (Fsp3) is 0.714. The number of halogens is 1. The third-order valence-electron chi connectivity index (χ3n) is 1.56. The van der Waals surface area contributed by atoms with Crippen molar-refractivity contribution in [3.05, 3.63) is 0 Å². The molecule has 10 heavy (non-hydrogen) atoms. The third-order valence-corrected chi connectivity index (χ3v) is 1.56. The molecule has 0 saturated carbocycles. The summed E-state index contributed by atoms with van der Waals surface area (Å²) in [6.07, 6.45) is 7.06. The van der Waals surface area contributed by atoms with Crippen LogP contribution in [0.5, 0.6) is 0 Å². The fourth-order valence-electron chi connectivity index (χ4n) is 0.930. The average Bonchev–Trinajstić information content (AvgIpc) is 1.90. The van der Waals surface area contributed by atoms with Crippen LogP contribution in [0, 0.1) is 12.3 Å². The molecule has 58 valence electrons. The highest BCUT2D eigenvalue weighted by Crippen LogP contribution is 2.14. The van der Waals surface area contributed by atoms with Gasteiger partial charge >= 0.3 is 0 Å². The molecule has 2 nitrogen and oxygen atoms in total. The van der Waals surface area contributed by atoms with Gasteiger partial charge in [0.2, 0.25) is 0 Å². The van der Waals surface area contributed by atoms with Gasteiger partial charge in [0.25, 0.3) is 0 Å². The van der Waals surface area contributed by atoms with Crippen molar-refractivity contribution in [2.45, 2.75) is 18.4 Å². The van der Waals surface area contributed by atoms with Crippen LogP contribution in [-0.2, 0) is 4.74 Å². The van der Waals surface area contributed by atoms with E-state index >= 15 is 0 Å². The Balaban J connectivity index is 0.000000810. The molecule has 1 atom stereocenters. The van der Waals surface area contributed by atoms with Crippen LogP contribution in [0.25, 0.3) is 0 Å². The Kier molecular flexibility index (Phi) is 3.73. The zero-order chi connectivity index (χ0) is 6.74. The van der Waals surface area contributed by atoms with Crippen molar-refractivity contribution in [2.24, 2.45) is 5.73 Å². The highest BCUT2D eigenvalue weighted by molar-refractivity contribution is 5.85. The first-order valence-corrected chi connectivity index (χ1v) is 3.11. The van der Waals surface area contributed by atoms with Crippen molar-refractivity contribution in [1.82, 2.24) is 0 Å². The van der Waals surface area contributed by atoms with Crippen LogP contribution in [-0.4, -0.2) is 18.8 Å². The van der Waals surface area contributed by atoms with Crippen molar-refractivity contribution >= 4 is 12.4 Å². The minimum absolute atomic E-state index is 0. The molecule has 0 radical (unpaired) electrons. The lowest BCUT2D eigenvalue weighted by atomic mass is 9.95. The monoisotopic (exact) mass is 161 g/mol. The summed E-state index contributed by atoms with van der Waals surface area (Å²) in [5.41, 5.74) is 5.22. The Morgan fingerprint density at radius 3 is 2.60 bits per heavy atom. The number of nitrogens with two attached hydrogens (primary N) is 1. The number of hydrogen-bond acceptors (Lipinski definition) is 2. The molecule has 0 aromatic heterocycles. The maximum atomic E-state index is 5.70. The topological polar surface area (TPSA) is 35.2 Å². The molecule has 0 amide bonds. The lowest BCUT2D eigenvalue weighted by molar-refractivity contribution is 0.0603. The van der Waals surface area contributed by atoms with E-state index in [1.807, 2.05) is 0 Å². The van der Waals surface area contributed by atoms with Gasteiger partial charge in [-0.05, 0) is 12.8 Å². The second-order valence-electron chi connectivity index (χ2n) is 2.46. The van der Waals surface area contributed by atoms with Crippen LogP contribution in [0.4, 0.5) is 0 Å². The molecule has 2 N–H and O–H groups in total. The predicted molar refractivity (Wildman–Crippen MR) is 43.1 cm³/mol.